The number of carbonyl (C=O) groups excluding carboxylic acids is 3. The molecule has 1 aromatic rings. The molecule has 1 aliphatic heterocycles. The summed E-state index contributed by atoms with van der Waals surface area (Å²) in [6.07, 6.45) is 1.79. The maximum atomic E-state index is 12.4. The lowest BCUT2D eigenvalue weighted by Crippen LogP contribution is -2.35. The van der Waals surface area contributed by atoms with Gasteiger partial charge in [-0.2, -0.15) is 0 Å². The fourth-order valence-electron chi connectivity index (χ4n) is 2.09. The molecule has 7 nitrogen and oxygen atoms in total. The standard InChI is InChI=1S/C17H18ClNO6S/c1-4-9(2)25-14(20)8-19-16(22)13(26-17(19)23)7-10-5-11(18)15(21)12(6-10)24-3/h5-7,9,21H,4,8H2,1-3H3/b13-7-/t9-/m1/s1. The van der Waals surface area contributed by atoms with E-state index in [1.807, 2.05) is 6.92 Å². The number of halogens is 1. The third kappa shape index (κ3) is 4.50. The molecular weight excluding hydrogens is 382 g/mol. The second-order valence-corrected chi connectivity index (χ2v) is 6.93. The molecule has 9 heteroatoms. The number of carbonyl (C=O) groups is 3. The zero-order valence-electron chi connectivity index (χ0n) is 14.4. The quantitative estimate of drug-likeness (QED) is 0.578. The smallest absolute Gasteiger partial charge is 0.326 e. The molecule has 1 saturated heterocycles. The maximum Gasteiger partial charge on any atom is 0.326 e. The van der Waals surface area contributed by atoms with Gasteiger partial charge in [-0.05, 0) is 48.9 Å². The van der Waals surface area contributed by atoms with Gasteiger partial charge in [0.2, 0.25) is 0 Å². The zero-order chi connectivity index (χ0) is 19.4. The number of amides is 2. The van der Waals surface area contributed by atoms with Crippen LogP contribution in [0.5, 0.6) is 11.5 Å². The van der Waals surface area contributed by atoms with E-state index in [2.05, 4.69) is 0 Å². The van der Waals surface area contributed by atoms with Crippen molar-refractivity contribution in [2.24, 2.45) is 0 Å². The molecule has 1 fully saturated rings. The fraction of sp³-hybridized carbons (Fsp3) is 0.353. The Balaban J connectivity index is 2.19. The van der Waals surface area contributed by atoms with Gasteiger partial charge in [0, 0.05) is 0 Å². The van der Waals surface area contributed by atoms with Crippen molar-refractivity contribution in [2.45, 2.75) is 26.4 Å². The number of thioether (sulfide) groups is 1. The van der Waals surface area contributed by atoms with Gasteiger partial charge >= 0.3 is 5.97 Å². The van der Waals surface area contributed by atoms with E-state index in [0.29, 0.717) is 23.7 Å². The number of methoxy groups -OCH3 is 1. The van der Waals surface area contributed by atoms with Crippen molar-refractivity contribution in [3.8, 4) is 11.5 Å². The molecule has 26 heavy (non-hydrogen) atoms. The molecule has 0 radical (unpaired) electrons. The van der Waals surface area contributed by atoms with E-state index in [0.717, 1.165) is 4.90 Å². The predicted octanol–water partition coefficient (Wildman–Crippen LogP) is 3.43. The first-order chi connectivity index (χ1) is 12.3. The molecule has 1 aromatic carbocycles. The Morgan fingerprint density at radius 3 is 2.73 bits per heavy atom. The summed E-state index contributed by atoms with van der Waals surface area (Å²) in [5.41, 5.74) is 0.470. The van der Waals surface area contributed by atoms with Crippen molar-refractivity contribution in [3.05, 3.63) is 27.6 Å². The van der Waals surface area contributed by atoms with E-state index < -0.39 is 23.7 Å². The lowest BCUT2D eigenvalue weighted by Gasteiger charge is -2.14. The molecule has 0 unspecified atom stereocenters. The van der Waals surface area contributed by atoms with Crippen molar-refractivity contribution in [1.29, 1.82) is 0 Å². The average Bonchev–Trinajstić information content (AvgIpc) is 2.85. The van der Waals surface area contributed by atoms with Crippen molar-refractivity contribution in [3.63, 3.8) is 0 Å². The zero-order valence-corrected chi connectivity index (χ0v) is 16.0. The van der Waals surface area contributed by atoms with Crippen LogP contribution in [0.15, 0.2) is 17.0 Å². The number of esters is 1. The normalized spacial score (nSPS) is 16.9. The number of ether oxygens (including phenoxy) is 2. The van der Waals surface area contributed by atoms with Gasteiger partial charge in [0.05, 0.1) is 23.1 Å². The molecular formula is C17H18ClNO6S. The second kappa shape index (κ2) is 8.46. The molecule has 1 aliphatic rings. The van der Waals surface area contributed by atoms with Crippen LogP contribution in [-0.4, -0.2) is 46.9 Å². The molecule has 1 N–H and O–H groups in total. The summed E-state index contributed by atoms with van der Waals surface area (Å²) in [6.45, 7) is 3.15. The van der Waals surface area contributed by atoms with Crippen LogP contribution >= 0.6 is 23.4 Å². The van der Waals surface area contributed by atoms with Crippen molar-refractivity contribution >= 4 is 46.6 Å². The first kappa shape index (κ1) is 20.1. The Morgan fingerprint density at radius 1 is 1.42 bits per heavy atom. The highest BCUT2D eigenvalue weighted by atomic mass is 35.5. The van der Waals surface area contributed by atoms with Gasteiger partial charge in [-0.1, -0.05) is 18.5 Å². The molecule has 0 spiro atoms. The summed E-state index contributed by atoms with van der Waals surface area (Å²) in [5, 5.41) is 9.24. The first-order valence-corrected chi connectivity index (χ1v) is 8.97. The maximum absolute atomic E-state index is 12.4. The largest absolute Gasteiger partial charge is 0.503 e. The first-order valence-electron chi connectivity index (χ1n) is 7.78. The van der Waals surface area contributed by atoms with Gasteiger partial charge in [-0.25, -0.2) is 0 Å². The van der Waals surface area contributed by atoms with E-state index in [1.165, 1.54) is 25.3 Å². The lowest BCUT2D eigenvalue weighted by molar-refractivity contribution is -0.150. The molecule has 1 atom stereocenters. The Kier molecular flexibility index (Phi) is 6.55. The monoisotopic (exact) mass is 399 g/mol. The van der Waals surface area contributed by atoms with Crippen LogP contribution in [0.2, 0.25) is 5.02 Å². The van der Waals surface area contributed by atoms with Crippen LogP contribution in [0, 0.1) is 0 Å². The minimum Gasteiger partial charge on any atom is -0.503 e. The lowest BCUT2D eigenvalue weighted by atomic mass is 10.2. The summed E-state index contributed by atoms with van der Waals surface area (Å²) < 4.78 is 10.1. The summed E-state index contributed by atoms with van der Waals surface area (Å²) in [5.74, 6) is -1.31. The van der Waals surface area contributed by atoms with Crippen LogP contribution in [0.1, 0.15) is 25.8 Å². The van der Waals surface area contributed by atoms with E-state index in [1.54, 1.807) is 6.92 Å². The van der Waals surface area contributed by atoms with Gasteiger partial charge in [0.15, 0.2) is 11.5 Å². The highest BCUT2D eigenvalue weighted by Gasteiger charge is 2.36. The molecule has 0 saturated carbocycles. The van der Waals surface area contributed by atoms with Gasteiger partial charge in [-0.3, -0.25) is 19.3 Å². The van der Waals surface area contributed by atoms with Crippen LogP contribution < -0.4 is 4.74 Å². The van der Waals surface area contributed by atoms with Crippen LogP contribution in [0.25, 0.3) is 6.08 Å². The minimum absolute atomic E-state index is 0.0481. The Morgan fingerprint density at radius 2 is 2.12 bits per heavy atom. The molecule has 1 heterocycles. The number of phenols is 1. The fourth-order valence-corrected chi connectivity index (χ4v) is 3.15. The highest BCUT2D eigenvalue weighted by Crippen LogP contribution is 2.37. The third-order valence-electron chi connectivity index (χ3n) is 3.64. The number of benzene rings is 1. The molecule has 2 amide bonds. The molecule has 2 rings (SSSR count). The van der Waals surface area contributed by atoms with E-state index in [-0.39, 0.29) is 27.5 Å². The second-order valence-electron chi connectivity index (χ2n) is 5.53. The Labute approximate surface area is 159 Å². The highest BCUT2D eigenvalue weighted by molar-refractivity contribution is 8.18. The van der Waals surface area contributed by atoms with E-state index in [9.17, 15) is 19.5 Å². The topological polar surface area (TPSA) is 93.1 Å². The number of hydrogen-bond donors (Lipinski definition) is 1. The SMILES string of the molecule is CC[C@@H](C)OC(=O)CN1C(=O)S/C(=C\c2cc(Cl)c(O)c(OC)c2)C1=O. The van der Waals surface area contributed by atoms with Crippen LogP contribution in [-0.2, 0) is 14.3 Å². The predicted molar refractivity (Wildman–Crippen MR) is 98.2 cm³/mol. The molecule has 0 aliphatic carbocycles. The van der Waals surface area contributed by atoms with Crippen LogP contribution in [0.3, 0.4) is 0 Å². The number of phenolic OH excluding ortho intramolecular Hbond substituents is 1. The number of rotatable bonds is 6. The van der Waals surface area contributed by atoms with E-state index in [4.69, 9.17) is 21.1 Å². The van der Waals surface area contributed by atoms with Crippen LogP contribution in [0.4, 0.5) is 4.79 Å². The van der Waals surface area contributed by atoms with Gasteiger partial charge in [0.1, 0.15) is 6.54 Å². The van der Waals surface area contributed by atoms with Gasteiger partial charge in [0.25, 0.3) is 11.1 Å². The Hall–Kier alpha value is -2.19. The van der Waals surface area contributed by atoms with Crippen molar-refractivity contribution in [1.82, 2.24) is 4.90 Å². The van der Waals surface area contributed by atoms with Gasteiger partial charge < -0.3 is 14.6 Å². The third-order valence-corrected chi connectivity index (χ3v) is 4.83. The number of aromatic hydroxyl groups is 1. The summed E-state index contributed by atoms with van der Waals surface area (Å²) in [7, 11) is 1.37. The number of imide groups is 1. The number of nitrogens with zero attached hydrogens (tertiary/aromatic N) is 1. The minimum atomic E-state index is -0.641. The summed E-state index contributed by atoms with van der Waals surface area (Å²) in [6, 6.07) is 2.91. The van der Waals surface area contributed by atoms with Crippen molar-refractivity contribution < 1.29 is 29.0 Å². The summed E-state index contributed by atoms with van der Waals surface area (Å²) >= 11 is 6.63. The van der Waals surface area contributed by atoms with Gasteiger partial charge in [-0.15, -0.1) is 0 Å². The average molecular weight is 400 g/mol. The molecule has 0 bridgehead atoms. The summed E-state index contributed by atoms with van der Waals surface area (Å²) in [4.78, 5) is 37.3. The molecule has 0 aromatic heterocycles. The van der Waals surface area contributed by atoms with Crippen molar-refractivity contribution in [2.75, 3.05) is 13.7 Å². The van der Waals surface area contributed by atoms with E-state index >= 15 is 0 Å². The molecule has 140 valence electrons. The number of hydrogen-bond acceptors (Lipinski definition) is 7. The Bertz CT molecular complexity index is 779.